The fourth-order valence-corrected chi connectivity index (χ4v) is 3.52. The molecule has 1 aliphatic carbocycles. The number of ether oxygens (including phenoxy) is 3. The molecule has 0 amide bonds. The van der Waals surface area contributed by atoms with Gasteiger partial charge in [0, 0.05) is 44.2 Å². The predicted molar refractivity (Wildman–Crippen MR) is 108 cm³/mol. The number of guanidine groups is 1. The van der Waals surface area contributed by atoms with Crippen molar-refractivity contribution < 1.29 is 27.4 Å². The van der Waals surface area contributed by atoms with Crippen LogP contribution in [0.1, 0.15) is 37.7 Å². The summed E-state index contributed by atoms with van der Waals surface area (Å²) >= 11 is 0. The Morgan fingerprint density at radius 2 is 2.13 bits per heavy atom. The van der Waals surface area contributed by atoms with Crippen molar-refractivity contribution in [2.75, 3.05) is 39.5 Å². The van der Waals surface area contributed by atoms with Crippen LogP contribution >= 0.6 is 0 Å². The van der Waals surface area contributed by atoms with Crippen LogP contribution < -0.4 is 15.4 Å². The largest absolute Gasteiger partial charge is 0.573 e. The molecule has 0 radical (unpaired) electrons. The van der Waals surface area contributed by atoms with E-state index in [-0.39, 0.29) is 17.7 Å². The maximum absolute atomic E-state index is 12.6. The van der Waals surface area contributed by atoms with Crippen molar-refractivity contribution in [1.82, 2.24) is 10.6 Å². The van der Waals surface area contributed by atoms with Gasteiger partial charge in [-0.3, -0.25) is 4.99 Å². The molecule has 2 fully saturated rings. The summed E-state index contributed by atoms with van der Waals surface area (Å²) in [5.74, 6) is 1.00. The number of benzene rings is 1. The molecule has 3 rings (SSSR count). The minimum atomic E-state index is -4.70. The van der Waals surface area contributed by atoms with E-state index in [1.165, 1.54) is 6.07 Å². The summed E-state index contributed by atoms with van der Waals surface area (Å²) in [6, 6.07) is 6.34. The van der Waals surface area contributed by atoms with Gasteiger partial charge in [-0.05, 0) is 37.8 Å². The number of hydrogen-bond donors (Lipinski definition) is 2. The summed E-state index contributed by atoms with van der Waals surface area (Å²) in [4.78, 5) is 4.55. The Balaban J connectivity index is 1.44. The molecule has 9 heteroatoms. The van der Waals surface area contributed by atoms with E-state index < -0.39 is 6.36 Å². The SMILES string of the molecule is CCNC(=NCCCOCC1CCOC1)NC1CC1c1ccccc1OC(F)(F)F. The van der Waals surface area contributed by atoms with Crippen LogP contribution in [0.25, 0.3) is 0 Å². The van der Waals surface area contributed by atoms with Gasteiger partial charge < -0.3 is 24.8 Å². The first-order valence-corrected chi connectivity index (χ1v) is 10.5. The van der Waals surface area contributed by atoms with Gasteiger partial charge in [0.2, 0.25) is 0 Å². The number of rotatable bonds is 10. The van der Waals surface area contributed by atoms with Crippen LogP contribution in [0.2, 0.25) is 0 Å². The fourth-order valence-electron chi connectivity index (χ4n) is 3.52. The van der Waals surface area contributed by atoms with Gasteiger partial charge in [0.25, 0.3) is 0 Å². The van der Waals surface area contributed by atoms with Gasteiger partial charge in [-0.1, -0.05) is 18.2 Å². The smallest absolute Gasteiger partial charge is 0.405 e. The Hall–Kier alpha value is -2.00. The number of halogens is 3. The lowest BCUT2D eigenvalue weighted by Gasteiger charge is -2.14. The highest BCUT2D eigenvalue weighted by molar-refractivity contribution is 5.80. The molecule has 2 aliphatic rings. The molecule has 0 bridgehead atoms. The van der Waals surface area contributed by atoms with Crippen LogP contribution in [-0.2, 0) is 9.47 Å². The number of aliphatic imine (C=N–C) groups is 1. The topological polar surface area (TPSA) is 64.1 Å². The predicted octanol–water partition coefficient (Wildman–Crippen LogP) is 3.44. The van der Waals surface area contributed by atoms with Crippen molar-refractivity contribution in [3.63, 3.8) is 0 Å². The first-order valence-electron chi connectivity index (χ1n) is 10.5. The summed E-state index contributed by atoms with van der Waals surface area (Å²) in [7, 11) is 0. The van der Waals surface area contributed by atoms with Crippen molar-refractivity contribution in [3.05, 3.63) is 29.8 Å². The highest BCUT2D eigenvalue weighted by Crippen LogP contribution is 2.45. The Morgan fingerprint density at radius 1 is 1.30 bits per heavy atom. The maximum atomic E-state index is 12.6. The lowest BCUT2D eigenvalue weighted by Crippen LogP contribution is -2.39. The summed E-state index contributed by atoms with van der Waals surface area (Å²) in [6.07, 6.45) is -2.10. The van der Waals surface area contributed by atoms with Crippen LogP contribution in [0.15, 0.2) is 29.3 Å². The molecule has 168 valence electrons. The number of para-hydroxylation sites is 1. The highest BCUT2D eigenvalue weighted by atomic mass is 19.4. The molecule has 30 heavy (non-hydrogen) atoms. The molecule has 3 unspecified atom stereocenters. The number of nitrogens with zero attached hydrogens (tertiary/aromatic N) is 1. The average Bonchev–Trinajstić information content (AvgIpc) is 3.24. The van der Waals surface area contributed by atoms with Crippen molar-refractivity contribution in [2.24, 2.45) is 10.9 Å². The average molecular weight is 429 g/mol. The van der Waals surface area contributed by atoms with E-state index in [1.807, 2.05) is 6.92 Å². The number of nitrogens with one attached hydrogen (secondary N) is 2. The zero-order chi connectivity index (χ0) is 21.4. The molecule has 1 aromatic rings. The van der Waals surface area contributed by atoms with Crippen molar-refractivity contribution in [2.45, 2.75) is 44.5 Å². The van der Waals surface area contributed by atoms with E-state index in [2.05, 4.69) is 20.4 Å². The molecule has 1 saturated carbocycles. The van der Waals surface area contributed by atoms with Gasteiger partial charge in [-0.25, -0.2) is 0 Å². The van der Waals surface area contributed by atoms with Crippen LogP contribution in [0.4, 0.5) is 13.2 Å². The summed E-state index contributed by atoms with van der Waals surface area (Å²) in [5, 5.41) is 6.50. The molecule has 2 N–H and O–H groups in total. The zero-order valence-electron chi connectivity index (χ0n) is 17.2. The van der Waals surface area contributed by atoms with Gasteiger partial charge in [-0.2, -0.15) is 0 Å². The first kappa shape index (κ1) is 22.7. The normalized spacial score (nSPS) is 24.0. The zero-order valence-corrected chi connectivity index (χ0v) is 17.2. The Morgan fingerprint density at radius 3 is 2.87 bits per heavy atom. The van der Waals surface area contributed by atoms with E-state index in [0.717, 1.165) is 39.1 Å². The molecule has 0 aromatic heterocycles. The number of hydrogen-bond acceptors (Lipinski definition) is 4. The summed E-state index contributed by atoms with van der Waals surface area (Å²) in [6.45, 7) is 6.27. The lowest BCUT2D eigenvalue weighted by atomic mass is 10.1. The highest BCUT2D eigenvalue weighted by Gasteiger charge is 2.42. The van der Waals surface area contributed by atoms with Gasteiger partial charge in [0.1, 0.15) is 5.75 Å². The summed E-state index contributed by atoms with van der Waals surface area (Å²) in [5.41, 5.74) is 0.562. The molecule has 1 aromatic carbocycles. The Labute approximate surface area is 175 Å². The van der Waals surface area contributed by atoms with Gasteiger partial charge in [-0.15, -0.1) is 13.2 Å². The van der Waals surface area contributed by atoms with Crippen molar-refractivity contribution in [3.8, 4) is 5.75 Å². The first-order chi connectivity index (χ1) is 14.5. The Bertz CT molecular complexity index is 694. The van der Waals surface area contributed by atoms with E-state index in [0.29, 0.717) is 37.1 Å². The second-order valence-electron chi connectivity index (χ2n) is 7.60. The van der Waals surface area contributed by atoms with Crippen molar-refractivity contribution in [1.29, 1.82) is 0 Å². The lowest BCUT2D eigenvalue weighted by molar-refractivity contribution is -0.274. The van der Waals surface area contributed by atoms with Crippen LogP contribution in [0, 0.1) is 5.92 Å². The monoisotopic (exact) mass is 429 g/mol. The third-order valence-electron chi connectivity index (χ3n) is 5.10. The molecule has 0 spiro atoms. The van der Waals surface area contributed by atoms with Gasteiger partial charge in [0.05, 0.1) is 13.2 Å². The number of alkyl halides is 3. The quantitative estimate of drug-likeness (QED) is 0.339. The molecule has 1 saturated heterocycles. The third kappa shape index (κ3) is 7.36. The van der Waals surface area contributed by atoms with Crippen LogP contribution in [0.3, 0.4) is 0 Å². The van der Waals surface area contributed by atoms with E-state index in [1.54, 1.807) is 18.2 Å². The third-order valence-corrected chi connectivity index (χ3v) is 5.10. The maximum Gasteiger partial charge on any atom is 0.573 e. The van der Waals surface area contributed by atoms with Gasteiger partial charge >= 0.3 is 6.36 Å². The second-order valence-corrected chi connectivity index (χ2v) is 7.60. The van der Waals surface area contributed by atoms with Crippen LogP contribution in [-0.4, -0.2) is 57.9 Å². The van der Waals surface area contributed by atoms with E-state index >= 15 is 0 Å². The molecule has 6 nitrogen and oxygen atoms in total. The van der Waals surface area contributed by atoms with E-state index in [4.69, 9.17) is 9.47 Å². The second kappa shape index (κ2) is 10.9. The molecular formula is C21H30F3N3O3. The molecular weight excluding hydrogens is 399 g/mol. The minimum Gasteiger partial charge on any atom is -0.405 e. The van der Waals surface area contributed by atoms with Gasteiger partial charge in [0.15, 0.2) is 5.96 Å². The Kier molecular flexibility index (Phi) is 8.21. The minimum absolute atomic E-state index is 0.0272. The van der Waals surface area contributed by atoms with Crippen LogP contribution in [0.5, 0.6) is 5.75 Å². The standard InChI is InChI=1S/C21H30F3N3O3/c1-2-25-20(26-9-5-10-28-13-15-8-11-29-14-15)27-18-12-17(18)16-6-3-4-7-19(16)30-21(22,23)24/h3-4,6-7,15,17-18H,2,5,8-14H2,1H3,(H2,25,26,27). The molecule has 3 atom stereocenters. The fraction of sp³-hybridized carbons (Fsp3) is 0.667. The van der Waals surface area contributed by atoms with Crippen molar-refractivity contribution >= 4 is 5.96 Å². The summed E-state index contributed by atoms with van der Waals surface area (Å²) < 4.78 is 53.1. The molecule has 1 aliphatic heterocycles. The molecule has 1 heterocycles. The van der Waals surface area contributed by atoms with E-state index in [9.17, 15) is 13.2 Å².